The van der Waals surface area contributed by atoms with Crippen LogP contribution in [0.4, 0.5) is 0 Å². The van der Waals surface area contributed by atoms with Gasteiger partial charge in [-0.05, 0) is 56.5 Å². The van der Waals surface area contributed by atoms with Crippen molar-refractivity contribution in [1.29, 1.82) is 0 Å². The Balaban J connectivity index is 1.68. The van der Waals surface area contributed by atoms with Gasteiger partial charge >= 0.3 is 0 Å². The number of hydrogen-bond donors (Lipinski definition) is 1. The van der Waals surface area contributed by atoms with E-state index in [-0.39, 0.29) is 17.6 Å². The largest absolute Gasteiger partial charge is 0.487 e. The van der Waals surface area contributed by atoms with Crippen LogP contribution in [-0.4, -0.2) is 11.5 Å². The number of aryl methyl sites for hydroxylation is 2. The lowest BCUT2D eigenvalue weighted by atomic mass is 9.89. The number of carbonyl (C=O) groups is 1. The molecule has 1 atom stereocenters. The Morgan fingerprint density at radius 2 is 1.96 bits per heavy atom. The van der Waals surface area contributed by atoms with Gasteiger partial charge in [-0.1, -0.05) is 41.4 Å². The van der Waals surface area contributed by atoms with Crippen LogP contribution in [0.1, 0.15) is 49.4 Å². The summed E-state index contributed by atoms with van der Waals surface area (Å²) in [5.41, 5.74) is 2.87. The monoisotopic (exact) mass is 391 g/mol. The molecule has 0 fully saturated rings. The summed E-state index contributed by atoms with van der Waals surface area (Å²) in [6.45, 7) is 6.14. The third-order valence-electron chi connectivity index (χ3n) is 4.59. The highest BCUT2D eigenvalue weighted by Crippen LogP contribution is 2.39. The minimum Gasteiger partial charge on any atom is -0.487 e. The van der Waals surface area contributed by atoms with Crippen LogP contribution in [0.15, 0.2) is 36.4 Å². The van der Waals surface area contributed by atoms with Crippen molar-refractivity contribution in [3.8, 4) is 5.75 Å². The molecule has 0 aliphatic carbocycles. The summed E-state index contributed by atoms with van der Waals surface area (Å²) in [6, 6.07) is 11.6. The second-order valence-electron chi connectivity index (χ2n) is 7.48. The molecule has 0 spiro atoms. The summed E-state index contributed by atoms with van der Waals surface area (Å²) < 4.78 is 6.09. The predicted molar refractivity (Wildman–Crippen MR) is 106 cm³/mol. The molecule has 0 saturated carbocycles. The van der Waals surface area contributed by atoms with Crippen molar-refractivity contribution in [3.63, 3.8) is 0 Å². The molecule has 2 aromatic carbocycles. The van der Waals surface area contributed by atoms with Gasteiger partial charge in [0.2, 0.25) is 5.91 Å². The van der Waals surface area contributed by atoms with Crippen LogP contribution in [0.2, 0.25) is 10.0 Å². The molecule has 0 aromatic heterocycles. The molecule has 2 aromatic rings. The molecular formula is C21H23Cl2NO2. The molecule has 1 heterocycles. The molecule has 1 aliphatic rings. The predicted octanol–water partition coefficient (Wildman–Crippen LogP) is 5.65. The number of ether oxygens (including phenoxy) is 1. The molecule has 0 radical (unpaired) electrons. The van der Waals surface area contributed by atoms with Gasteiger partial charge in [0.25, 0.3) is 0 Å². The summed E-state index contributed by atoms with van der Waals surface area (Å²) in [6.07, 6.45) is 1.76. The SMILES string of the molecule is Cc1ccc2c(c1)OC(C)(C)C[C@@H]2NC(=O)CCc1ccc(Cl)c(Cl)c1. The van der Waals surface area contributed by atoms with Crippen molar-refractivity contribution in [2.75, 3.05) is 0 Å². The quantitative estimate of drug-likeness (QED) is 0.730. The Bertz CT molecular complexity index is 833. The molecule has 1 N–H and O–H groups in total. The molecule has 0 bridgehead atoms. The average molecular weight is 392 g/mol. The van der Waals surface area contributed by atoms with E-state index < -0.39 is 0 Å². The van der Waals surface area contributed by atoms with E-state index in [1.807, 2.05) is 45.0 Å². The summed E-state index contributed by atoms with van der Waals surface area (Å²) in [5.74, 6) is 0.876. The minimum absolute atomic E-state index is 0.0188. The summed E-state index contributed by atoms with van der Waals surface area (Å²) in [5, 5.41) is 4.21. The van der Waals surface area contributed by atoms with Gasteiger partial charge in [-0.3, -0.25) is 4.79 Å². The lowest BCUT2D eigenvalue weighted by Gasteiger charge is -2.38. The van der Waals surface area contributed by atoms with Crippen molar-refractivity contribution in [2.24, 2.45) is 0 Å². The molecule has 138 valence electrons. The van der Waals surface area contributed by atoms with E-state index in [4.69, 9.17) is 27.9 Å². The fraction of sp³-hybridized carbons (Fsp3) is 0.381. The highest BCUT2D eigenvalue weighted by Gasteiger charge is 2.34. The normalized spacial score (nSPS) is 18.0. The zero-order valence-corrected chi connectivity index (χ0v) is 16.7. The minimum atomic E-state index is -0.317. The van der Waals surface area contributed by atoms with E-state index in [0.29, 0.717) is 22.9 Å². The molecule has 0 unspecified atom stereocenters. The average Bonchev–Trinajstić information content (AvgIpc) is 2.54. The van der Waals surface area contributed by atoms with Crippen LogP contribution in [0.25, 0.3) is 0 Å². The number of benzene rings is 2. The molecule has 0 saturated heterocycles. The number of rotatable bonds is 4. The maximum Gasteiger partial charge on any atom is 0.220 e. The Hall–Kier alpha value is -1.71. The van der Waals surface area contributed by atoms with Crippen molar-refractivity contribution in [2.45, 2.75) is 51.7 Å². The van der Waals surface area contributed by atoms with E-state index in [1.54, 1.807) is 6.07 Å². The first kappa shape index (κ1) is 19.1. The van der Waals surface area contributed by atoms with Gasteiger partial charge < -0.3 is 10.1 Å². The van der Waals surface area contributed by atoms with Gasteiger partial charge in [0.05, 0.1) is 16.1 Å². The zero-order chi connectivity index (χ0) is 18.9. The Kier molecular flexibility index (Phi) is 5.50. The van der Waals surface area contributed by atoms with Crippen molar-refractivity contribution >= 4 is 29.1 Å². The fourth-order valence-electron chi connectivity index (χ4n) is 3.31. The summed E-state index contributed by atoms with van der Waals surface area (Å²) in [4.78, 5) is 12.5. The number of amides is 1. The Labute approximate surface area is 164 Å². The van der Waals surface area contributed by atoms with Gasteiger partial charge in [0.1, 0.15) is 11.4 Å². The molecule has 3 rings (SSSR count). The smallest absolute Gasteiger partial charge is 0.220 e. The van der Waals surface area contributed by atoms with E-state index >= 15 is 0 Å². The lowest BCUT2D eigenvalue weighted by molar-refractivity contribution is -0.122. The molecule has 3 nitrogen and oxygen atoms in total. The standard InChI is InChI=1S/C21H23Cl2NO2/c1-13-4-7-15-18(12-21(2,3)26-19(15)10-13)24-20(25)9-6-14-5-8-16(22)17(23)11-14/h4-5,7-8,10-11,18H,6,9,12H2,1-3H3,(H,24,25)/t18-/m0/s1. The number of fused-ring (bicyclic) bond motifs is 1. The Morgan fingerprint density at radius 3 is 2.69 bits per heavy atom. The topological polar surface area (TPSA) is 38.3 Å². The first-order valence-electron chi connectivity index (χ1n) is 8.76. The van der Waals surface area contributed by atoms with Crippen molar-refractivity contribution in [3.05, 3.63) is 63.1 Å². The lowest BCUT2D eigenvalue weighted by Crippen LogP contribution is -2.41. The number of hydrogen-bond acceptors (Lipinski definition) is 2. The van der Waals surface area contributed by atoms with Crippen LogP contribution in [0.3, 0.4) is 0 Å². The molecule has 1 amide bonds. The summed E-state index contributed by atoms with van der Waals surface area (Å²) in [7, 11) is 0. The first-order chi connectivity index (χ1) is 12.2. The molecule has 1 aliphatic heterocycles. The fourth-order valence-corrected chi connectivity index (χ4v) is 3.63. The maximum absolute atomic E-state index is 12.5. The molecule has 26 heavy (non-hydrogen) atoms. The van der Waals surface area contributed by atoms with E-state index in [0.717, 1.165) is 28.9 Å². The van der Waals surface area contributed by atoms with Gasteiger partial charge in [-0.2, -0.15) is 0 Å². The van der Waals surface area contributed by atoms with Crippen molar-refractivity contribution < 1.29 is 9.53 Å². The van der Waals surface area contributed by atoms with Crippen LogP contribution >= 0.6 is 23.2 Å². The third kappa shape index (κ3) is 4.52. The highest BCUT2D eigenvalue weighted by atomic mass is 35.5. The van der Waals surface area contributed by atoms with Crippen LogP contribution < -0.4 is 10.1 Å². The highest BCUT2D eigenvalue weighted by molar-refractivity contribution is 6.42. The number of carbonyl (C=O) groups excluding carboxylic acids is 1. The second-order valence-corrected chi connectivity index (χ2v) is 8.29. The van der Waals surface area contributed by atoms with Crippen molar-refractivity contribution in [1.82, 2.24) is 5.32 Å². The molecular weight excluding hydrogens is 369 g/mol. The Morgan fingerprint density at radius 1 is 1.19 bits per heavy atom. The van der Waals surface area contributed by atoms with E-state index in [1.165, 1.54) is 0 Å². The number of halogens is 2. The maximum atomic E-state index is 12.5. The second kappa shape index (κ2) is 7.50. The zero-order valence-electron chi connectivity index (χ0n) is 15.2. The number of nitrogens with one attached hydrogen (secondary N) is 1. The van der Waals surface area contributed by atoms with Gasteiger partial charge in [0.15, 0.2) is 0 Å². The van der Waals surface area contributed by atoms with Crippen LogP contribution in [0.5, 0.6) is 5.75 Å². The van der Waals surface area contributed by atoms with E-state index in [9.17, 15) is 4.79 Å². The van der Waals surface area contributed by atoms with Gasteiger partial charge in [-0.15, -0.1) is 0 Å². The first-order valence-corrected chi connectivity index (χ1v) is 9.52. The van der Waals surface area contributed by atoms with Crippen LogP contribution in [0, 0.1) is 6.92 Å². The molecule has 5 heteroatoms. The summed E-state index contributed by atoms with van der Waals surface area (Å²) >= 11 is 12.0. The van der Waals surface area contributed by atoms with Gasteiger partial charge in [-0.25, -0.2) is 0 Å². The third-order valence-corrected chi connectivity index (χ3v) is 5.33. The van der Waals surface area contributed by atoms with Gasteiger partial charge in [0, 0.05) is 18.4 Å². The van der Waals surface area contributed by atoms with Crippen LogP contribution in [-0.2, 0) is 11.2 Å². The van der Waals surface area contributed by atoms with E-state index in [2.05, 4.69) is 11.4 Å².